The van der Waals surface area contributed by atoms with Crippen LogP contribution in [0.2, 0.25) is 0 Å². The van der Waals surface area contributed by atoms with E-state index in [9.17, 15) is 0 Å². The molecule has 0 unspecified atom stereocenters. The third kappa shape index (κ3) is 70.5. The van der Waals surface area contributed by atoms with E-state index in [1.807, 2.05) is 0 Å². The first kappa shape index (κ1) is 16.0. The van der Waals surface area contributed by atoms with Gasteiger partial charge in [0.2, 0.25) is 0 Å². The minimum atomic E-state index is -5.17. The van der Waals surface area contributed by atoms with Crippen molar-refractivity contribution >= 4 is 10.4 Å². The second kappa shape index (κ2) is 6.16. The van der Waals surface area contributed by atoms with Gasteiger partial charge in [0.1, 0.15) is 0 Å². The zero-order valence-corrected chi connectivity index (χ0v) is 8.66. The van der Waals surface area contributed by atoms with Crippen molar-refractivity contribution in [2.45, 2.75) is 0 Å². The Morgan fingerprint density at radius 3 is 1.14 bits per heavy atom. The first-order chi connectivity index (χ1) is 2.00. The molecular formula is CrKO4S+2. The molecule has 7 heteroatoms. The standard InChI is InChI=1S/Cr.K.H2O4S/c;;1-5(2,3)4/h;;(H2,1,2,3,4)/q+3;+1;/p-2. The van der Waals surface area contributed by atoms with Crippen molar-refractivity contribution in [2.24, 2.45) is 0 Å². The molecule has 0 amide bonds. The average Bonchev–Trinajstić information content (AvgIpc) is 0.722. The Bertz CT molecular complexity index is 94.9. The fourth-order valence-electron chi connectivity index (χ4n) is 0. The smallest absolute Gasteiger partial charge is 0.759 e. The van der Waals surface area contributed by atoms with Gasteiger partial charge >= 0.3 is 68.7 Å². The Balaban J connectivity index is -0.0000000800. The Labute approximate surface area is 94.8 Å². The molecule has 0 spiro atoms. The molecule has 0 rings (SSSR count). The van der Waals surface area contributed by atoms with E-state index in [-0.39, 0.29) is 68.7 Å². The molecule has 0 saturated heterocycles. The Hall–Kier alpha value is 2.04. The van der Waals surface area contributed by atoms with Crippen LogP contribution in [0.5, 0.6) is 0 Å². The van der Waals surface area contributed by atoms with E-state index in [0.717, 1.165) is 0 Å². The minimum Gasteiger partial charge on any atom is -0.759 e. The predicted octanol–water partition coefficient (Wildman–Crippen LogP) is -4.34. The summed E-state index contributed by atoms with van der Waals surface area (Å²) >= 11 is 0. The van der Waals surface area contributed by atoms with E-state index >= 15 is 0 Å². The topological polar surface area (TPSA) is 80.3 Å². The summed E-state index contributed by atoms with van der Waals surface area (Å²) in [7, 11) is -5.17. The van der Waals surface area contributed by atoms with Crippen molar-refractivity contribution < 1.29 is 86.3 Å². The van der Waals surface area contributed by atoms with Crippen molar-refractivity contribution in [3.05, 3.63) is 0 Å². The fraction of sp³-hybridized carbons (Fsp3) is 0. The third-order valence-corrected chi connectivity index (χ3v) is 0. The molecule has 0 bridgehead atoms. The van der Waals surface area contributed by atoms with Crippen molar-refractivity contribution in [1.29, 1.82) is 0 Å². The minimum absolute atomic E-state index is 0. The molecule has 0 aliphatic rings. The second-order valence-corrected chi connectivity index (χ2v) is 1.22. The summed E-state index contributed by atoms with van der Waals surface area (Å²) in [5.74, 6) is 0. The van der Waals surface area contributed by atoms with Crippen LogP contribution in [-0.2, 0) is 27.8 Å². The largest absolute Gasteiger partial charge is 3.00 e. The summed E-state index contributed by atoms with van der Waals surface area (Å²) < 4.78 is 34.1. The van der Waals surface area contributed by atoms with Gasteiger partial charge in [0.25, 0.3) is 0 Å². The van der Waals surface area contributed by atoms with Gasteiger partial charge in [-0.3, -0.25) is 8.42 Å². The van der Waals surface area contributed by atoms with E-state index in [2.05, 4.69) is 0 Å². The van der Waals surface area contributed by atoms with Crippen molar-refractivity contribution in [3.63, 3.8) is 0 Å². The molecule has 7 heavy (non-hydrogen) atoms. The van der Waals surface area contributed by atoms with Gasteiger partial charge in [-0.15, -0.1) is 0 Å². The number of rotatable bonds is 0. The molecular weight excluding hydrogens is 187 g/mol. The molecule has 35 valence electrons. The van der Waals surface area contributed by atoms with Gasteiger partial charge in [-0.05, 0) is 0 Å². The van der Waals surface area contributed by atoms with Crippen LogP contribution < -0.4 is 51.4 Å². The Kier molecular flexibility index (Phi) is 14.1. The van der Waals surface area contributed by atoms with Gasteiger partial charge in [-0.2, -0.15) is 0 Å². The van der Waals surface area contributed by atoms with Gasteiger partial charge in [0.05, 0.1) is 0 Å². The summed E-state index contributed by atoms with van der Waals surface area (Å²) in [5, 5.41) is 0. The SMILES string of the molecule is O=S(=O)([O-])[O-].[Cr+3].[K+]. The monoisotopic (exact) mass is 187 g/mol. The molecule has 0 saturated carbocycles. The van der Waals surface area contributed by atoms with Crippen LogP contribution in [0, 0.1) is 0 Å². The zero-order valence-electron chi connectivity index (χ0n) is 3.45. The number of hydrogen-bond donors (Lipinski definition) is 0. The van der Waals surface area contributed by atoms with Crippen molar-refractivity contribution in [1.82, 2.24) is 0 Å². The van der Waals surface area contributed by atoms with Gasteiger partial charge in [-0.1, -0.05) is 0 Å². The van der Waals surface area contributed by atoms with Gasteiger partial charge in [-0.25, -0.2) is 0 Å². The van der Waals surface area contributed by atoms with Gasteiger partial charge < -0.3 is 9.11 Å². The van der Waals surface area contributed by atoms with Gasteiger partial charge in [0.15, 0.2) is 0 Å². The maximum Gasteiger partial charge on any atom is 3.00 e. The summed E-state index contributed by atoms with van der Waals surface area (Å²) in [5.41, 5.74) is 0. The molecule has 0 aliphatic carbocycles. The molecule has 4 nitrogen and oxygen atoms in total. The van der Waals surface area contributed by atoms with Crippen LogP contribution in [0.3, 0.4) is 0 Å². The van der Waals surface area contributed by atoms with E-state index in [1.165, 1.54) is 0 Å². The molecule has 0 aromatic rings. The molecule has 1 radical (unpaired) electrons. The fourth-order valence-corrected chi connectivity index (χ4v) is 0. The quantitative estimate of drug-likeness (QED) is 0.218. The summed E-state index contributed by atoms with van der Waals surface area (Å²) in [6.45, 7) is 0. The maximum atomic E-state index is 8.52. The first-order valence-corrected chi connectivity index (χ1v) is 2.00. The molecule has 0 atom stereocenters. The van der Waals surface area contributed by atoms with E-state index < -0.39 is 10.4 Å². The Morgan fingerprint density at radius 2 is 1.14 bits per heavy atom. The van der Waals surface area contributed by atoms with E-state index in [1.54, 1.807) is 0 Å². The van der Waals surface area contributed by atoms with Crippen LogP contribution in [0.25, 0.3) is 0 Å². The average molecular weight is 187 g/mol. The van der Waals surface area contributed by atoms with E-state index in [0.29, 0.717) is 0 Å². The predicted molar refractivity (Wildman–Crippen MR) is 10.5 cm³/mol. The maximum absolute atomic E-state index is 8.52. The Morgan fingerprint density at radius 1 is 1.14 bits per heavy atom. The molecule has 0 N–H and O–H groups in total. The molecule has 0 heterocycles. The van der Waals surface area contributed by atoms with Crippen LogP contribution >= 0.6 is 0 Å². The molecule has 0 aromatic heterocycles. The van der Waals surface area contributed by atoms with Crippen LogP contribution in [0.15, 0.2) is 0 Å². The molecule has 0 aliphatic heterocycles. The zero-order chi connectivity index (χ0) is 4.50. The van der Waals surface area contributed by atoms with Crippen molar-refractivity contribution in [3.8, 4) is 0 Å². The third-order valence-electron chi connectivity index (χ3n) is 0. The summed E-state index contributed by atoms with van der Waals surface area (Å²) in [6.07, 6.45) is 0. The summed E-state index contributed by atoms with van der Waals surface area (Å²) in [6, 6.07) is 0. The van der Waals surface area contributed by atoms with Crippen LogP contribution in [0.4, 0.5) is 0 Å². The van der Waals surface area contributed by atoms with E-state index in [4.69, 9.17) is 17.5 Å². The number of hydrogen-bond acceptors (Lipinski definition) is 4. The second-order valence-electron chi connectivity index (χ2n) is 0.408. The van der Waals surface area contributed by atoms with Crippen LogP contribution in [0.1, 0.15) is 0 Å². The normalized spacial score (nSPS) is 8.29. The van der Waals surface area contributed by atoms with Crippen molar-refractivity contribution in [2.75, 3.05) is 0 Å². The first-order valence-electron chi connectivity index (χ1n) is 0.667. The molecule has 0 fully saturated rings. The van der Waals surface area contributed by atoms with Gasteiger partial charge in [0, 0.05) is 10.4 Å². The van der Waals surface area contributed by atoms with Crippen LogP contribution in [-0.4, -0.2) is 17.5 Å². The summed E-state index contributed by atoms with van der Waals surface area (Å²) in [4.78, 5) is 0. The molecule has 0 aromatic carbocycles.